The van der Waals surface area contributed by atoms with Gasteiger partial charge in [0.25, 0.3) is 0 Å². The zero-order valence-corrected chi connectivity index (χ0v) is 14.5. The van der Waals surface area contributed by atoms with Gasteiger partial charge in [0.2, 0.25) is 11.8 Å². The van der Waals surface area contributed by atoms with Gasteiger partial charge < -0.3 is 26.0 Å². The Hall–Kier alpha value is -3.10. The predicted octanol–water partition coefficient (Wildman–Crippen LogP) is 0.182. The van der Waals surface area contributed by atoms with E-state index in [1.54, 1.807) is 13.0 Å². The molecule has 0 heterocycles. The van der Waals surface area contributed by atoms with E-state index in [0.717, 1.165) is 6.92 Å². The Labute approximate surface area is 150 Å². The Morgan fingerprint density at radius 2 is 1.65 bits per heavy atom. The van der Waals surface area contributed by atoms with Crippen LogP contribution < -0.4 is 10.6 Å². The van der Waals surface area contributed by atoms with Gasteiger partial charge in [-0.3, -0.25) is 9.59 Å². The third kappa shape index (κ3) is 6.80. The number of benzene rings is 1. The number of carbonyl (C=O) groups excluding carboxylic acids is 2. The van der Waals surface area contributed by atoms with E-state index in [1.807, 2.05) is 0 Å². The predicted molar refractivity (Wildman–Crippen MR) is 90.6 cm³/mol. The van der Waals surface area contributed by atoms with Gasteiger partial charge >= 0.3 is 11.9 Å². The molecule has 5 N–H and O–H groups in total. The van der Waals surface area contributed by atoms with Crippen molar-refractivity contribution in [3.63, 3.8) is 0 Å². The average molecular weight is 366 g/mol. The molecule has 0 fully saturated rings. The number of nitrogens with one attached hydrogen (secondary N) is 2. The molecule has 0 aliphatic heterocycles. The van der Waals surface area contributed by atoms with Crippen molar-refractivity contribution in [2.24, 2.45) is 0 Å². The second-order valence-electron chi connectivity index (χ2n) is 5.90. The molecule has 0 bridgehead atoms. The first-order chi connectivity index (χ1) is 12.1. The number of rotatable bonds is 9. The van der Waals surface area contributed by atoms with Crippen molar-refractivity contribution in [3.8, 4) is 5.75 Å². The molecule has 142 valence electrons. The van der Waals surface area contributed by atoms with Gasteiger partial charge in [-0.15, -0.1) is 0 Å². The number of aromatic hydroxyl groups is 1. The van der Waals surface area contributed by atoms with Crippen LogP contribution in [0, 0.1) is 6.92 Å². The normalized spacial score (nSPS) is 12.7. The minimum absolute atomic E-state index is 0.0151. The number of carbonyl (C=O) groups is 4. The van der Waals surface area contributed by atoms with Crippen LogP contribution in [0.4, 0.5) is 0 Å². The first-order valence-electron chi connectivity index (χ1n) is 7.90. The zero-order chi connectivity index (χ0) is 19.9. The van der Waals surface area contributed by atoms with Crippen LogP contribution in [-0.2, 0) is 25.6 Å². The summed E-state index contributed by atoms with van der Waals surface area (Å²) in [5, 5.41) is 32.2. The molecular weight excluding hydrogens is 344 g/mol. The standard InChI is InChI=1S/C17H22N2O7/c1-9-7-12(21)4-3-11(9)8-14(17(25)26)19-15(22)6-5-13(16(23)24)18-10(2)20/h3-4,7,13-14,21H,5-6,8H2,1-2H3,(H,18,20)(H,19,22)(H,23,24)(H,25,26)/t13?,14-/m0/s1. The van der Waals surface area contributed by atoms with Gasteiger partial charge in [0.05, 0.1) is 0 Å². The van der Waals surface area contributed by atoms with Crippen LogP contribution in [0.1, 0.15) is 30.9 Å². The minimum Gasteiger partial charge on any atom is -0.508 e. The van der Waals surface area contributed by atoms with Gasteiger partial charge in [0.15, 0.2) is 0 Å². The van der Waals surface area contributed by atoms with Crippen molar-refractivity contribution >= 4 is 23.8 Å². The maximum absolute atomic E-state index is 12.0. The van der Waals surface area contributed by atoms with Gasteiger partial charge in [-0.1, -0.05) is 6.07 Å². The number of aryl methyl sites for hydroxylation is 1. The summed E-state index contributed by atoms with van der Waals surface area (Å²) in [7, 11) is 0. The Morgan fingerprint density at radius 1 is 1.04 bits per heavy atom. The second-order valence-corrected chi connectivity index (χ2v) is 5.90. The lowest BCUT2D eigenvalue weighted by Crippen LogP contribution is -2.44. The van der Waals surface area contributed by atoms with Crippen LogP contribution in [-0.4, -0.2) is 51.2 Å². The van der Waals surface area contributed by atoms with Crippen molar-refractivity contribution in [3.05, 3.63) is 29.3 Å². The summed E-state index contributed by atoms with van der Waals surface area (Å²) in [5.74, 6) is -3.63. The van der Waals surface area contributed by atoms with E-state index in [1.165, 1.54) is 12.1 Å². The molecule has 26 heavy (non-hydrogen) atoms. The third-order valence-corrected chi connectivity index (χ3v) is 3.72. The molecule has 1 unspecified atom stereocenters. The first kappa shape index (κ1) is 20.9. The van der Waals surface area contributed by atoms with Crippen LogP contribution >= 0.6 is 0 Å². The molecule has 0 aromatic heterocycles. The molecule has 1 rings (SSSR count). The smallest absolute Gasteiger partial charge is 0.326 e. The first-order valence-corrected chi connectivity index (χ1v) is 7.90. The summed E-state index contributed by atoms with van der Waals surface area (Å²) < 4.78 is 0. The average Bonchev–Trinajstić information content (AvgIpc) is 2.52. The van der Waals surface area contributed by atoms with Gasteiger partial charge in [-0.2, -0.15) is 0 Å². The topological polar surface area (TPSA) is 153 Å². The van der Waals surface area contributed by atoms with E-state index in [2.05, 4.69) is 10.6 Å². The van der Waals surface area contributed by atoms with Crippen molar-refractivity contribution in [2.45, 2.75) is 45.2 Å². The van der Waals surface area contributed by atoms with E-state index < -0.39 is 35.8 Å². The lowest BCUT2D eigenvalue weighted by Gasteiger charge is -2.17. The lowest BCUT2D eigenvalue weighted by atomic mass is 10.0. The SMILES string of the molecule is CC(=O)NC(CCC(=O)N[C@@H](Cc1ccc(O)cc1C)C(=O)O)C(=O)O. The molecule has 9 nitrogen and oxygen atoms in total. The van der Waals surface area contributed by atoms with Gasteiger partial charge in [-0.05, 0) is 36.6 Å². The summed E-state index contributed by atoms with van der Waals surface area (Å²) in [6.07, 6.45) is -0.401. The van der Waals surface area contributed by atoms with E-state index in [4.69, 9.17) is 5.11 Å². The Bertz CT molecular complexity index is 702. The number of carboxylic acids is 2. The molecule has 9 heteroatoms. The number of hydrogen-bond donors (Lipinski definition) is 5. The van der Waals surface area contributed by atoms with Crippen LogP contribution in [0.15, 0.2) is 18.2 Å². The molecular formula is C17H22N2O7. The summed E-state index contributed by atoms with van der Waals surface area (Å²) >= 11 is 0. The molecule has 0 saturated carbocycles. The highest BCUT2D eigenvalue weighted by Gasteiger charge is 2.24. The quantitative estimate of drug-likeness (QED) is 0.418. The lowest BCUT2D eigenvalue weighted by molar-refractivity contribution is -0.143. The number of phenols is 1. The highest BCUT2D eigenvalue weighted by Crippen LogP contribution is 2.17. The molecule has 0 aliphatic rings. The van der Waals surface area contributed by atoms with Crippen LogP contribution in [0.2, 0.25) is 0 Å². The Morgan fingerprint density at radius 3 is 2.15 bits per heavy atom. The minimum atomic E-state index is -1.28. The Kier molecular flexibility index (Phi) is 7.57. The fourth-order valence-electron chi connectivity index (χ4n) is 2.37. The number of aliphatic carboxylic acids is 2. The number of amides is 2. The van der Waals surface area contributed by atoms with Crippen molar-refractivity contribution in [1.29, 1.82) is 0 Å². The fraction of sp³-hybridized carbons (Fsp3) is 0.412. The zero-order valence-electron chi connectivity index (χ0n) is 14.5. The van der Waals surface area contributed by atoms with Gasteiger partial charge in [0, 0.05) is 19.8 Å². The highest BCUT2D eigenvalue weighted by molar-refractivity contribution is 5.85. The Balaban J connectivity index is 2.69. The van der Waals surface area contributed by atoms with E-state index in [-0.39, 0.29) is 25.0 Å². The van der Waals surface area contributed by atoms with Crippen molar-refractivity contribution < 1.29 is 34.5 Å². The van der Waals surface area contributed by atoms with E-state index in [0.29, 0.717) is 11.1 Å². The highest BCUT2D eigenvalue weighted by atomic mass is 16.4. The molecule has 0 aliphatic carbocycles. The van der Waals surface area contributed by atoms with Gasteiger partial charge in [-0.25, -0.2) is 9.59 Å². The molecule has 2 amide bonds. The van der Waals surface area contributed by atoms with Gasteiger partial charge in [0.1, 0.15) is 17.8 Å². The number of carboxylic acid groups (broad SMARTS) is 2. The van der Waals surface area contributed by atoms with Crippen LogP contribution in [0.5, 0.6) is 5.75 Å². The summed E-state index contributed by atoms with van der Waals surface area (Å²) in [6, 6.07) is 2.06. The maximum atomic E-state index is 12.0. The molecule has 1 aromatic carbocycles. The summed E-state index contributed by atoms with van der Waals surface area (Å²) in [5.41, 5.74) is 1.33. The van der Waals surface area contributed by atoms with Crippen LogP contribution in [0.25, 0.3) is 0 Å². The van der Waals surface area contributed by atoms with E-state index in [9.17, 15) is 29.4 Å². The molecule has 0 saturated heterocycles. The molecule has 1 aromatic rings. The molecule has 0 radical (unpaired) electrons. The number of phenolic OH excluding ortho intramolecular Hbond substituents is 1. The summed E-state index contributed by atoms with van der Waals surface area (Å²) in [6.45, 7) is 2.87. The summed E-state index contributed by atoms with van der Waals surface area (Å²) in [4.78, 5) is 45.4. The van der Waals surface area contributed by atoms with Crippen molar-refractivity contribution in [2.75, 3.05) is 0 Å². The van der Waals surface area contributed by atoms with Crippen LogP contribution in [0.3, 0.4) is 0 Å². The largest absolute Gasteiger partial charge is 0.508 e. The maximum Gasteiger partial charge on any atom is 0.326 e. The molecule has 2 atom stereocenters. The fourth-order valence-corrected chi connectivity index (χ4v) is 2.37. The number of hydrogen-bond acceptors (Lipinski definition) is 5. The van der Waals surface area contributed by atoms with Crippen molar-refractivity contribution in [1.82, 2.24) is 10.6 Å². The van der Waals surface area contributed by atoms with E-state index >= 15 is 0 Å². The third-order valence-electron chi connectivity index (χ3n) is 3.72. The second kappa shape index (κ2) is 9.40. The monoisotopic (exact) mass is 366 g/mol. The molecule has 0 spiro atoms.